The van der Waals surface area contributed by atoms with Crippen molar-refractivity contribution in [1.29, 1.82) is 5.26 Å². The maximum Gasteiger partial charge on any atom is 0.407 e. The van der Waals surface area contributed by atoms with Gasteiger partial charge in [-0.3, -0.25) is 14.4 Å². The Morgan fingerprint density at radius 1 is 1.26 bits per heavy atom. The van der Waals surface area contributed by atoms with E-state index in [0.29, 0.717) is 13.0 Å². The Balaban J connectivity index is 2.26. The first kappa shape index (κ1) is 27.2. The summed E-state index contributed by atoms with van der Waals surface area (Å²) in [5.74, 6) is -4.49. The molecule has 0 aliphatic carbocycles. The van der Waals surface area contributed by atoms with E-state index in [4.69, 9.17) is 0 Å². The fourth-order valence-corrected chi connectivity index (χ4v) is 4.12. The molecule has 2 aliphatic heterocycles. The number of ether oxygens (including phenoxy) is 1. The zero-order valence-corrected chi connectivity index (χ0v) is 19.5. The van der Waals surface area contributed by atoms with Crippen LogP contribution in [0.4, 0.5) is 18.0 Å². The predicted octanol–water partition coefficient (Wildman–Crippen LogP) is 1.07. The highest BCUT2D eigenvalue weighted by molar-refractivity contribution is 5.92. The zero-order chi connectivity index (χ0) is 25.8. The third-order valence-corrected chi connectivity index (χ3v) is 6.07. The lowest BCUT2D eigenvalue weighted by Gasteiger charge is -2.35. The third kappa shape index (κ3) is 6.51. The van der Waals surface area contributed by atoms with Crippen LogP contribution in [0.5, 0.6) is 0 Å². The molecule has 2 heterocycles. The summed E-state index contributed by atoms with van der Waals surface area (Å²) in [7, 11) is 1.08. The largest absolute Gasteiger partial charge is 0.453 e. The van der Waals surface area contributed by atoms with Gasteiger partial charge in [-0.2, -0.15) is 18.4 Å². The van der Waals surface area contributed by atoms with E-state index in [0.717, 1.165) is 12.0 Å². The maximum atomic E-state index is 13.5. The van der Waals surface area contributed by atoms with Gasteiger partial charge in [0, 0.05) is 19.0 Å². The van der Waals surface area contributed by atoms with Crippen molar-refractivity contribution in [3.63, 3.8) is 0 Å². The molecule has 190 valence electrons. The van der Waals surface area contributed by atoms with Crippen LogP contribution in [0.3, 0.4) is 0 Å². The predicted molar refractivity (Wildman–Crippen MR) is 112 cm³/mol. The van der Waals surface area contributed by atoms with E-state index in [-0.39, 0.29) is 12.3 Å². The minimum Gasteiger partial charge on any atom is -0.453 e. The lowest BCUT2D eigenvalue weighted by atomic mass is 9.85. The van der Waals surface area contributed by atoms with Crippen molar-refractivity contribution in [3.05, 3.63) is 0 Å². The second kappa shape index (κ2) is 10.5. The molecule has 2 rings (SSSR count). The molecule has 2 fully saturated rings. The molecule has 34 heavy (non-hydrogen) atoms. The van der Waals surface area contributed by atoms with Gasteiger partial charge in [-0.15, -0.1) is 0 Å². The normalized spacial score (nSPS) is 24.6. The molecular weight excluding hydrogens is 459 g/mol. The smallest absolute Gasteiger partial charge is 0.407 e. The van der Waals surface area contributed by atoms with Crippen LogP contribution in [0.2, 0.25) is 0 Å². The third-order valence-electron chi connectivity index (χ3n) is 6.07. The van der Waals surface area contributed by atoms with Crippen LogP contribution in [-0.2, 0) is 19.1 Å². The Kier molecular flexibility index (Phi) is 8.39. The van der Waals surface area contributed by atoms with Crippen LogP contribution >= 0.6 is 0 Å². The van der Waals surface area contributed by atoms with Crippen molar-refractivity contribution in [1.82, 2.24) is 20.9 Å². The minimum atomic E-state index is -4.66. The van der Waals surface area contributed by atoms with Crippen molar-refractivity contribution in [3.8, 4) is 6.07 Å². The fraction of sp³-hybridized carbons (Fsp3) is 0.762. The van der Waals surface area contributed by atoms with Gasteiger partial charge in [0.2, 0.25) is 17.7 Å². The van der Waals surface area contributed by atoms with Crippen LogP contribution in [0.25, 0.3) is 0 Å². The molecule has 5 unspecified atom stereocenters. The maximum absolute atomic E-state index is 13.5. The van der Waals surface area contributed by atoms with Crippen LogP contribution in [0.1, 0.15) is 40.0 Å². The van der Waals surface area contributed by atoms with Gasteiger partial charge in [-0.05, 0) is 24.7 Å². The highest BCUT2D eigenvalue weighted by Crippen LogP contribution is 2.38. The number of carbonyl (C=O) groups excluding carboxylic acids is 4. The van der Waals surface area contributed by atoms with Crippen LogP contribution in [0, 0.1) is 28.6 Å². The van der Waals surface area contributed by atoms with E-state index in [2.05, 4.69) is 20.7 Å². The average molecular weight is 489 g/mol. The number of alkyl carbamates (subject to hydrolysis) is 1. The lowest BCUT2D eigenvalue weighted by Crippen LogP contribution is -2.58. The first-order chi connectivity index (χ1) is 15.7. The first-order valence-corrected chi connectivity index (χ1v) is 10.9. The number of hydrogen-bond donors (Lipinski definition) is 3. The van der Waals surface area contributed by atoms with Crippen molar-refractivity contribution in [2.75, 3.05) is 20.2 Å². The number of halogens is 3. The lowest BCUT2D eigenvalue weighted by molar-refractivity contribution is -0.171. The number of nitrogens with zero attached hydrogens (tertiary/aromatic N) is 2. The molecule has 13 heteroatoms. The molecule has 0 aromatic carbocycles. The van der Waals surface area contributed by atoms with Gasteiger partial charge in [-0.1, -0.05) is 20.8 Å². The molecule has 0 aromatic heterocycles. The fourth-order valence-electron chi connectivity index (χ4n) is 4.12. The second-order valence-corrected chi connectivity index (χ2v) is 9.62. The summed E-state index contributed by atoms with van der Waals surface area (Å²) in [5.41, 5.74) is -0.909. The van der Waals surface area contributed by atoms with Gasteiger partial charge >= 0.3 is 12.3 Å². The number of alkyl halides is 3. The van der Waals surface area contributed by atoms with E-state index in [1.807, 2.05) is 6.07 Å². The quantitative estimate of drug-likeness (QED) is 0.510. The Morgan fingerprint density at radius 2 is 1.91 bits per heavy atom. The number of carbonyl (C=O) groups is 4. The highest BCUT2D eigenvalue weighted by Gasteiger charge is 2.53. The van der Waals surface area contributed by atoms with Gasteiger partial charge < -0.3 is 25.6 Å². The summed E-state index contributed by atoms with van der Waals surface area (Å²) in [6.45, 7) is 4.50. The highest BCUT2D eigenvalue weighted by atomic mass is 19.4. The number of likely N-dealkylation sites (tertiary alicyclic amines) is 1. The first-order valence-electron chi connectivity index (χ1n) is 10.9. The molecule has 0 radical (unpaired) electrons. The van der Waals surface area contributed by atoms with Crippen molar-refractivity contribution in [2.24, 2.45) is 17.3 Å². The Labute approximate surface area is 195 Å². The van der Waals surface area contributed by atoms with Crippen LogP contribution < -0.4 is 16.0 Å². The standard InChI is InChI=1S/C21H30F3N5O5/c1-20(2,3)15(28-19(33)34-4)18(32)29-10-12(21(22,23)24)8-14(29)17(31)27-13(9-25)7-11-5-6-26-16(11)30/h11-15H,5-8,10H2,1-4H3,(H,26,30)(H,27,31)(H,28,33). The van der Waals surface area contributed by atoms with E-state index >= 15 is 0 Å². The number of nitrogens with one attached hydrogen (secondary N) is 3. The summed E-state index contributed by atoms with van der Waals surface area (Å²) in [5, 5.41) is 16.8. The summed E-state index contributed by atoms with van der Waals surface area (Å²) < 4.78 is 45.1. The van der Waals surface area contributed by atoms with Gasteiger partial charge in [0.25, 0.3) is 0 Å². The molecule has 10 nitrogen and oxygen atoms in total. The summed E-state index contributed by atoms with van der Waals surface area (Å²) in [4.78, 5) is 50.6. The van der Waals surface area contributed by atoms with Gasteiger partial charge in [-0.25, -0.2) is 4.79 Å². The van der Waals surface area contributed by atoms with Gasteiger partial charge in [0.1, 0.15) is 18.1 Å². The Bertz CT molecular complexity index is 851. The van der Waals surface area contributed by atoms with Crippen molar-refractivity contribution >= 4 is 23.8 Å². The molecule has 2 saturated heterocycles. The van der Waals surface area contributed by atoms with Crippen molar-refractivity contribution in [2.45, 2.75) is 64.3 Å². The van der Waals surface area contributed by atoms with E-state index in [1.54, 1.807) is 20.8 Å². The average Bonchev–Trinajstić information content (AvgIpc) is 3.36. The molecule has 2 aliphatic rings. The number of nitriles is 1. The van der Waals surface area contributed by atoms with Gasteiger partial charge in [0.05, 0.1) is 19.1 Å². The van der Waals surface area contributed by atoms with Gasteiger partial charge in [0.15, 0.2) is 0 Å². The monoisotopic (exact) mass is 489 g/mol. The number of rotatable bonds is 6. The number of methoxy groups -OCH3 is 1. The SMILES string of the molecule is COC(=O)NC(C(=O)N1CC(C(F)(F)F)CC1C(=O)NC(C#N)CC1CCNC1=O)C(C)(C)C. The number of hydrogen-bond acceptors (Lipinski definition) is 6. The number of amides is 4. The Morgan fingerprint density at radius 3 is 2.38 bits per heavy atom. The van der Waals surface area contributed by atoms with E-state index < -0.39 is 72.4 Å². The molecule has 0 saturated carbocycles. The molecule has 5 atom stereocenters. The van der Waals surface area contributed by atoms with E-state index in [1.165, 1.54) is 0 Å². The molecule has 0 bridgehead atoms. The summed E-state index contributed by atoms with van der Waals surface area (Å²) >= 11 is 0. The molecule has 0 spiro atoms. The Hall–Kier alpha value is -3.04. The van der Waals surface area contributed by atoms with Crippen molar-refractivity contribution < 1.29 is 37.1 Å². The molecule has 3 N–H and O–H groups in total. The topological polar surface area (TPSA) is 141 Å². The summed E-state index contributed by atoms with van der Waals surface area (Å²) in [6, 6.07) is -2.03. The molecule has 0 aromatic rings. The van der Waals surface area contributed by atoms with Crippen LogP contribution in [-0.4, -0.2) is 73.2 Å². The van der Waals surface area contributed by atoms with Crippen LogP contribution in [0.15, 0.2) is 0 Å². The zero-order valence-electron chi connectivity index (χ0n) is 19.5. The molecular formula is C21H30F3N5O5. The van der Waals surface area contributed by atoms with E-state index in [9.17, 15) is 37.6 Å². The summed E-state index contributed by atoms with van der Waals surface area (Å²) in [6.07, 6.45) is -5.80. The second-order valence-electron chi connectivity index (χ2n) is 9.62. The minimum absolute atomic E-state index is 0.00590. The molecule has 4 amide bonds.